The van der Waals surface area contributed by atoms with E-state index < -0.39 is 5.82 Å². The first-order chi connectivity index (χ1) is 12.6. The topological polar surface area (TPSA) is 25.5 Å². The van der Waals surface area contributed by atoms with Gasteiger partial charge in [-0.15, -0.1) is 0 Å². The lowest BCUT2D eigenvalue weighted by Crippen LogP contribution is -2.03. The van der Waals surface area contributed by atoms with E-state index >= 15 is 0 Å². The zero-order chi connectivity index (χ0) is 18.1. The Morgan fingerprint density at radius 2 is 1.62 bits per heavy atom. The maximum atomic E-state index is 13.4. The van der Waals surface area contributed by atoms with Gasteiger partial charge >= 0.3 is 0 Å². The van der Waals surface area contributed by atoms with Crippen LogP contribution in [0.25, 0.3) is 22.3 Å². The first-order valence-corrected chi connectivity index (χ1v) is 8.64. The Bertz CT molecular complexity index is 1170. The third kappa shape index (κ3) is 3.36. The van der Waals surface area contributed by atoms with Crippen molar-refractivity contribution >= 4 is 39.9 Å². The fraction of sp³-hybridized carbons (Fsp3) is 0. The SMILES string of the molecule is Fc1ccc(N=c2cc(-c3ccc(Cl)cc3)oc3ccccc23)cc1Cl. The Kier molecular flexibility index (Phi) is 4.49. The summed E-state index contributed by atoms with van der Waals surface area (Å²) in [5, 5.41) is 2.25. The molecule has 0 N–H and O–H groups in total. The molecule has 2 nitrogen and oxygen atoms in total. The second-order valence-corrected chi connectivity index (χ2v) is 6.55. The molecular formula is C21H12Cl2FNO. The largest absolute Gasteiger partial charge is 0.456 e. The molecule has 0 atom stereocenters. The summed E-state index contributed by atoms with van der Waals surface area (Å²) in [5.41, 5.74) is 2.15. The summed E-state index contributed by atoms with van der Waals surface area (Å²) in [6.07, 6.45) is 0. The normalized spacial score (nSPS) is 11.9. The van der Waals surface area contributed by atoms with Gasteiger partial charge in [-0.3, -0.25) is 0 Å². The predicted octanol–water partition coefficient (Wildman–Crippen LogP) is 6.78. The number of hydrogen-bond acceptors (Lipinski definition) is 2. The van der Waals surface area contributed by atoms with Crippen molar-refractivity contribution < 1.29 is 8.81 Å². The van der Waals surface area contributed by atoms with E-state index in [2.05, 4.69) is 4.99 Å². The molecule has 1 aromatic heterocycles. The fourth-order valence-electron chi connectivity index (χ4n) is 2.66. The van der Waals surface area contributed by atoms with Crippen LogP contribution in [0.5, 0.6) is 0 Å². The standard InChI is InChI=1S/C21H12Cl2FNO/c22-14-7-5-13(6-8-14)21-12-19(16-3-1-2-4-20(16)26-21)25-15-9-10-18(24)17(23)11-15/h1-12H. The molecular weight excluding hydrogens is 372 g/mol. The summed E-state index contributed by atoms with van der Waals surface area (Å²) >= 11 is 11.8. The van der Waals surface area contributed by atoms with Crippen LogP contribution in [0.1, 0.15) is 0 Å². The van der Waals surface area contributed by atoms with Gasteiger partial charge < -0.3 is 4.42 Å². The molecule has 0 bridgehead atoms. The fourth-order valence-corrected chi connectivity index (χ4v) is 2.96. The van der Waals surface area contributed by atoms with E-state index in [-0.39, 0.29) is 5.02 Å². The molecule has 0 unspecified atom stereocenters. The summed E-state index contributed by atoms with van der Waals surface area (Å²) in [5.74, 6) is 0.188. The molecule has 3 aromatic carbocycles. The smallest absolute Gasteiger partial charge is 0.141 e. The molecule has 0 spiro atoms. The highest BCUT2D eigenvalue weighted by Crippen LogP contribution is 2.25. The highest BCUT2D eigenvalue weighted by Gasteiger charge is 2.07. The molecule has 4 aromatic rings. The lowest BCUT2D eigenvalue weighted by molar-refractivity contribution is 0.618. The molecule has 0 aliphatic carbocycles. The van der Waals surface area contributed by atoms with Crippen LogP contribution in [0.2, 0.25) is 10.0 Å². The Hall–Kier alpha value is -2.62. The molecule has 5 heteroatoms. The van der Waals surface area contributed by atoms with Crippen molar-refractivity contribution in [1.82, 2.24) is 0 Å². The molecule has 0 saturated carbocycles. The van der Waals surface area contributed by atoms with E-state index in [0.717, 1.165) is 10.9 Å². The first-order valence-electron chi connectivity index (χ1n) is 7.89. The summed E-state index contributed by atoms with van der Waals surface area (Å²) in [6.45, 7) is 0. The van der Waals surface area contributed by atoms with Crippen LogP contribution in [-0.2, 0) is 0 Å². The third-order valence-electron chi connectivity index (χ3n) is 3.93. The lowest BCUT2D eigenvalue weighted by atomic mass is 10.1. The van der Waals surface area contributed by atoms with Gasteiger partial charge in [0.2, 0.25) is 0 Å². The number of benzene rings is 3. The molecule has 0 aliphatic heterocycles. The Balaban J connectivity index is 1.96. The van der Waals surface area contributed by atoms with E-state index in [0.29, 0.717) is 27.4 Å². The van der Waals surface area contributed by atoms with Gasteiger partial charge in [-0.25, -0.2) is 9.38 Å². The maximum absolute atomic E-state index is 13.4. The molecule has 0 radical (unpaired) electrons. The number of fused-ring (bicyclic) bond motifs is 1. The zero-order valence-electron chi connectivity index (χ0n) is 13.4. The van der Waals surface area contributed by atoms with Crippen LogP contribution in [-0.4, -0.2) is 0 Å². The van der Waals surface area contributed by atoms with Crippen LogP contribution in [0, 0.1) is 5.82 Å². The van der Waals surface area contributed by atoms with Gasteiger partial charge in [0.05, 0.1) is 16.1 Å². The first kappa shape index (κ1) is 16.8. The van der Waals surface area contributed by atoms with Gasteiger partial charge in [0.15, 0.2) is 0 Å². The quantitative estimate of drug-likeness (QED) is 0.374. The summed E-state index contributed by atoms with van der Waals surface area (Å²) in [7, 11) is 0. The van der Waals surface area contributed by atoms with E-state index in [1.165, 1.54) is 12.1 Å². The van der Waals surface area contributed by atoms with Gasteiger partial charge in [-0.1, -0.05) is 35.3 Å². The van der Waals surface area contributed by atoms with Crippen molar-refractivity contribution in [2.24, 2.45) is 4.99 Å². The predicted molar refractivity (Wildman–Crippen MR) is 103 cm³/mol. The average Bonchev–Trinajstić information content (AvgIpc) is 2.65. The molecule has 1 heterocycles. The number of para-hydroxylation sites is 1. The summed E-state index contributed by atoms with van der Waals surface area (Å²) in [6, 6.07) is 21.2. The van der Waals surface area contributed by atoms with E-state index in [4.69, 9.17) is 27.6 Å². The summed E-state index contributed by atoms with van der Waals surface area (Å²) in [4.78, 5) is 4.64. The Morgan fingerprint density at radius 3 is 2.38 bits per heavy atom. The third-order valence-corrected chi connectivity index (χ3v) is 4.47. The molecule has 128 valence electrons. The van der Waals surface area contributed by atoms with Gasteiger partial charge in [0.25, 0.3) is 0 Å². The van der Waals surface area contributed by atoms with Crippen molar-refractivity contribution in [1.29, 1.82) is 0 Å². The average molecular weight is 384 g/mol. The molecule has 4 rings (SSSR count). The molecule has 0 fully saturated rings. The lowest BCUT2D eigenvalue weighted by Gasteiger charge is -2.05. The van der Waals surface area contributed by atoms with Gasteiger partial charge in [-0.05, 0) is 54.6 Å². The Morgan fingerprint density at radius 1 is 0.846 bits per heavy atom. The van der Waals surface area contributed by atoms with Crippen LogP contribution in [0.15, 0.2) is 82.2 Å². The number of rotatable bonds is 2. The monoisotopic (exact) mass is 383 g/mol. The zero-order valence-corrected chi connectivity index (χ0v) is 14.9. The maximum Gasteiger partial charge on any atom is 0.141 e. The Labute approximate surface area is 159 Å². The van der Waals surface area contributed by atoms with Crippen molar-refractivity contribution in [3.8, 4) is 11.3 Å². The molecule has 0 amide bonds. The van der Waals surface area contributed by atoms with Gasteiger partial charge in [0.1, 0.15) is 17.2 Å². The molecule has 0 saturated heterocycles. The van der Waals surface area contributed by atoms with Crippen molar-refractivity contribution in [2.45, 2.75) is 0 Å². The van der Waals surface area contributed by atoms with E-state index in [1.54, 1.807) is 18.2 Å². The molecule has 0 aliphatic rings. The van der Waals surface area contributed by atoms with Crippen LogP contribution >= 0.6 is 23.2 Å². The van der Waals surface area contributed by atoms with Gasteiger partial charge in [0, 0.05) is 22.0 Å². The number of hydrogen-bond donors (Lipinski definition) is 0. The minimum absolute atomic E-state index is 0.0362. The minimum atomic E-state index is -0.472. The van der Waals surface area contributed by atoms with Crippen molar-refractivity contribution in [3.05, 3.63) is 94.0 Å². The highest BCUT2D eigenvalue weighted by atomic mass is 35.5. The van der Waals surface area contributed by atoms with Crippen LogP contribution < -0.4 is 5.36 Å². The van der Waals surface area contributed by atoms with Crippen molar-refractivity contribution in [2.75, 3.05) is 0 Å². The highest BCUT2D eigenvalue weighted by molar-refractivity contribution is 6.31. The van der Waals surface area contributed by atoms with Crippen molar-refractivity contribution in [3.63, 3.8) is 0 Å². The summed E-state index contributed by atoms with van der Waals surface area (Å²) < 4.78 is 19.4. The second-order valence-electron chi connectivity index (χ2n) is 5.71. The number of halogens is 3. The molecule has 26 heavy (non-hydrogen) atoms. The van der Waals surface area contributed by atoms with Crippen LogP contribution in [0.4, 0.5) is 10.1 Å². The number of nitrogens with zero attached hydrogens (tertiary/aromatic N) is 1. The van der Waals surface area contributed by atoms with E-state index in [9.17, 15) is 4.39 Å². The minimum Gasteiger partial charge on any atom is -0.456 e. The van der Waals surface area contributed by atoms with E-state index in [1.807, 2.05) is 42.5 Å². The van der Waals surface area contributed by atoms with Crippen LogP contribution in [0.3, 0.4) is 0 Å². The second kappa shape index (κ2) is 6.94. The van der Waals surface area contributed by atoms with Gasteiger partial charge in [-0.2, -0.15) is 0 Å².